The van der Waals surface area contributed by atoms with E-state index in [-0.39, 0.29) is 18.8 Å². The second kappa shape index (κ2) is 6.20. The van der Waals surface area contributed by atoms with Crippen LogP contribution in [-0.2, 0) is 11.3 Å². The number of ether oxygens (including phenoxy) is 1. The Morgan fingerprint density at radius 1 is 1.52 bits per heavy atom. The van der Waals surface area contributed by atoms with E-state index < -0.39 is 28.4 Å². The first-order valence-electron chi connectivity index (χ1n) is 6.02. The maximum Gasteiger partial charge on any atom is 0.407 e. The topological polar surface area (TPSA) is 137 Å². The summed E-state index contributed by atoms with van der Waals surface area (Å²) in [6, 6.07) is 0.857. The van der Waals surface area contributed by atoms with Crippen molar-refractivity contribution in [1.29, 1.82) is 0 Å². The number of hydrogen-bond donors (Lipinski definition) is 2. The van der Waals surface area contributed by atoms with Crippen molar-refractivity contribution in [3.05, 3.63) is 21.9 Å². The van der Waals surface area contributed by atoms with E-state index in [4.69, 9.17) is 9.84 Å². The molecule has 1 aromatic rings. The Balaban J connectivity index is 2.65. The Bertz CT molecular complexity index is 560. The van der Waals surface area contributed by atoms with Gasteiger partial charge in [-0.15, -0.1) is 0 Å². The lowest BCUT2D eigenvalue weighted by Crippen LogP contribution is -2.34. The Morgan fingerprint density at radius 2 is 2.14 bits per heavy atom. The first-order valence-corrected chi connectivity index (χ1v) is 6.02. The third-order valence-electron chi connectivity index (χ3n) is 2.17. The monoisotopic (exact) mass is 300 g/mol. The van der Waals surface area contributed by atoms with Gasteiger partial charge in [0, 0.05) is 6.54 Å². The van der Waals surface area contributed by atoms with Crippen LogP contribution in [0.2, 0.25) is 0 Å². The number of nitrogens with zero attached hydrogens (tertiary/aromatic N) is 3. The summed E-state index contributed by atoms with van der Waals surface area (Å²) in [5, 5.41) is 25.5. The Kier molecular flexibility index (Phi) is 4.84. The minimum Gasteiger partial charge on any atom is -0.476 e. The summed E-state index contributed by atoms with van der Waals surface area (Å²) < 4.78 is 5.93. The van der Waals surface area contributed by atoms with Crippen LogP contribution >= 0.6 is 0 Å². The van der Waals surface area contributed by atoms with Crippen molar-refractivity contribution in [2.24, 2.45) is 0 Å². The summed E-state index contributed by atoms with van der Waals surface area (Å²) in [5.41, 5.74) is -0.978. The lowest BCUT2D eigenvalue weighted by molar-refractivity contribution is -0.389. The highest BCUT2D eigenvalue weighted by atomic mass is 16.6. The molecule has 0 aromatic carbocycles. The maximum atomic E-state index is 11.4. The van der Waals surface area contributed by atoms with Crippen LogP contribution in [0.1, 0.15) is 31.3 Å². The minimum atomic E-state index is -1.34. The molecule has 0 aliphatic carbocycles. The molecule has 1 amide bonds. The molecule has 1 aromatic heterocycles. The fourth-order valence-corrected chi connectivity index (χ4v) is 1.41. The van der Waals surface area contributed by atoms with Crippen molar-refractivity contribution in [2.75, 3.05) is 6.54 Å². The smallest absolute Gasteiger partial charge is 0.407 e. The number of alkyl carbamates (subject to hydrolysis) is 1. The predicted octanol–water partition coefficient (Wildman–Crippen LogP) is 1.01. The molecule has 0 spiro atoms. The Labute approximate surface area is 119 Å². The molecule has 21 heavy (non-hydrogen) atoms. The number of carbonyl (C=O) groups excluding carboxylic acids is 1. The second-order valence-electron chi connectivity index (χ2n) is 5.10. The number of aromatic carboxylic acids is 1. The van der Waals surface area contributed by atoms with Gasteiger partial charge in [-0.1, -0.05) is 0 Å². The number of rotatable bonds is 5. The molecule has 0 saturated carbocycles. The molecule has 0 aliphatic heterocycles. The van der Waals surface area contributed by atoms with Gasteiger partial charge >= 0.3 is 17.9 Å². The normalized spacial score (nSPS) is 11.0. The SMILES string of the molecule is CC(C)(C)OC(=O)NCCn1nc([N+](=O)[O-])cc1C(=O)O. The van der Waals surface area contributed by atoms with Crippen LogP contribution in [0.5, 0.6) is 0 Å². The van der Waals surface area contributed by atoms with E-state index in [9.17, 15) is 19.7 Å². The van der Waals surface area contributed by atoms with Crippen LogP contribution in [0.3, 0.4) is 0 Å². The summed E-state index contributed by atoms with van der Waals surface area (Å²) in [6.07, 6.45) is -0.666. The third-order valence-corrected chi connectivity index (χ3v) is 2.17. The van der Waals surface area contributed by atoms with Crippen LogP contribution in [0.25, 0.3) is 0 Å². The number of nitrogens with one attached hydrogen (secondary N) is 1. The zero-order valence-corrected chi connectivity index (χ0v) is 11.8. The summed E-state index contributed by atoms with van der Waals surface area (Å²) in [6.45, 7) is 5.09. The zero-order valence-electron chi connectivity index (χ0n) is 11.8. The highest BCUT2D eigenvalue weighted by Crippen LogP contribution is 2.12. The molecule has 2 N–H and O–H groups in total. The summed E-state index contributed by atoms with van der Waals surface area (Å²) in [7, 11) is 0. The number of hydrogen-bond acceptors (Lipinski definition) is 6. The average Bonchev–Trinajstić information content (AvgIpc) is 2.70. The fourth-order valence-electron chi connectivity index (χ4n) is 1.41. The van der Waals surface area contributed by atoms with Gasteiger partial charge in [0.15, 0.2) is 5.69 Å². The fraction of sp³-hybridized carbons (Fsp3) is 0.545. The van der Waals surface area contributed by atoms with Crippen molar-refractivity contribution < 1.29 is 24.4 Å². The van der Waals surface area contributed by atoms with Crippen molar-refractivity contribution in [3.8, 4) is 0 Å². The van der Waals surface area contributed by atoms with Gasteiger partial charge in [0.25, 0.3) is 0 Å². The van der Waals surface area contributed by atoms with E-state index in [1.807, 2.05) is 0 Å². The van der Waals surface area contributed by atoms with E-state index in [1.165, 1.54) is 0 Å². The number of carboxylic acid groups (broad SMARTS) is 1. The minimum absolute atomic E-state index is 0.0219. The first-order chi connectivity index (χ1) is 9.60. The van der Waals surface area contributed by atoms with Crippen LogP contribution in [-0.4, -0.2) is 44.0 Å². The van der Waals surface area contributed by atoms with Gasteiger partial charge in [0.05, 0.1) is 17.7 Å². The molecular formula is C11H16N4O6. The van der Waals surface area contributed by atoms with Crippen LogP contribution in [0.15, 0.2) is 6.07 Å². The van der Waals surface area contributed by atoms with Crippen molar-refractivity contribution in [1.82, 2.24) is 15.1 Å². The number of carboxylic acids is 1. The molecular weight excluding hydrogens is 284 g/mol. The van der Waals surface area contributed by atoms with Gasteiger partial charge in [-0.3, -0.25) is 0 Å². The molecule has 10 nitrogen and oxygen atoms in total. The van der Waals surface area contributed by atoms with Gasteiger partial charge in [-0.05, 0) is 25.7 Å². The molecule has 0 atom stereocenters. The standard InChI is InChI=1S/C11H16N4O6/c1-11(2,3)21-10(18)12-4-5-14-7(9(16)17)6-8(13-14)15(19)20/h6H,4-5H2,1-3H3,(H,12,18)(H,16,17). The highest BCUT2D eigenvalue weighted by Gasteiger charge is 2.23. The van der Waals surface area contributed by atoms with Gasteiger partial charge in [-0.25, -0.2) is 9.59 Å². The summed E-state index contributed by atoms with van der Waals surface area (Å²) in [5.74, 6) is -1.91. The molecule has 1 heterocycles. The largest absolute Gasteiger partial charge is 0.476 e. The molecule has 0 saturated heterocycles. The van der Waals surface area contributed by atoms with Crippen molar-refractivity contribution in [2.45, 2.75) is 32.9 Å². The van der Waals surface area contributed by atoms with E-state index in [0.717, 1.165) is 10.7 Å². The van der Waals surface area contributed by atoms with Gasteiger partial charge in [0.2, 0.25) is 0 Å². The van der Waals surface area contributed by atoms with E-state index in [0.29, 0.717) is 0 Å². The van der Waals surface area contributed by atoms with Crippen LogP contribution in [0, 0.1) is 10.1 Å². The highest BCUT2D eigenvalue weighted by molar-refractivity contribution is 5.86. The second-order valence-corrected chi connectivity index (χ2v) is 5.10. The zero-order chi connectivity index (χ0) is 16.2. The quantitative estimate of drug-likeness (QED) is 0.611. The molecule has 0 aliphatic rings. The molecule has 116 valence electrons. The van der Waals surface area contributed by atoms with E-state index in [2.05, 4.69) is 10.4 Å². The molecule has 10 heteroatoms. The predicted molar refractivity (Wildman–Crippen MR) is 70.1 cm³/mol. The molecule has 0 fully saturated rings. The summed E-state index contributed by atoms with van der Waals surface area (Å²) >= 11 is 0. The molecule has 0 radical (unpaired) electrons. The average molecular weight is 300 g/mol. The van der Waals surface area contributed by atoms with E-state index in [1.54, 1.807) is 20.8 Å². The lowest BCUT2D eigenvalue weighted by atomic mass is 10.2. The van der Waals surface area contributed by atoms with Gasteiger partial charge < -0.3 is 25.3 Å². The van der Waals surface area contributed by atoms with Crippen LogP contribution < -0.4 is 5.32 Å². The number of carbonyl (C=O) groups is 2. The Hall–Kier alpha value is -2.65. The molecule has 1 rings (SSSR count). The van der Waals surface area contributed by atoms with Gasteiger partial charge in [0.1, 0.15) is 5.60 Å². The van der Waals surface area contributed by atoms with E-state index >= 15 is 0 Å². The number of nitro groups is 1. The first kappa shape index (κ1) is 16.4. The molecule has 0 bridgehead atoms. The molecule has 0 unspecified atom stereocenters. The number of amides is 1. The van der Waals surface area contributed by atoms with Crippen LogP contribution in [0.4, 0.5) is 10.6 Å². The lowest BCUT2D eigenvalue weighted by Gasteiger charge is -2.19. The third kappa shape index (κ3) is 5.09. The summed E-state index contributed by atoms with van der Waals surface area (Å²) in [4.78, 5) is 32.1. The Morgan fingerprint density at radius 3 is 2.62 bits per heavy atom. The van der Waals surface area contributed by atoms with Crippen molar-refractivity contribution >= 4 is 17.9 Å². The van der Waals surface area contributed by atoms with Crippen molar-refractivity contribution in [3.63, 3.8) is 0 Å². The maximum absolute atomic E-state index is 11.4. The van der Waals surface area contributed by atoms with Gasteiger partial charge in [-0.2, -0.15) is 4.68 Å². The number of aromatic nitrogens is 2.